The molecule has 2 N–H and O–H groups in total. The Hall–Kier alpha value is -2.73. The Kier molecular flexibility index (Phi) is 6.65. The summed E-state index contributed by atoms with van der Waals surface area (Å²) in [5.41, 5.74) is 5.66. The Balaban J connectivity index is 1.71. The van der Waals surface area contributed by atoms with Gasteiger partial charge >= 0.3 is 0 Å². The maximum Gasteiger partial charge on any atom is 0.279 e. The number of benzene rings is 2. The normalized spacial score (nSPS) is 11.3. The molecule has 1 unspecified atom stereocenters. The van der Waals surface area contributed by atoms with Crippen LogP contribution in [0.2, 0.25) is 5.02 Å². The van der Waals surface area contributed by atoms with Crippen molar-refractivity contribution < 1.29 is 19.1 Å². The zero-order chi connectivity index (χ0) is 18.2. The van der Waals surface area contributed by atoms with Crippen LogP contribution in [0.4, 0.5) is 0 Å². The van der Waals surface area contributed by atoms with E-state index < -0.39 is 17.9 Å². The van der Waals surface area contributed by atoms with Crippen LogP contribution in [-0.2, 0) is 9.59 Å². The first-order valence-corrected chi connectivity index (χ1v) is 8.02. The molecule has 2 rings (SSSR count). The van der Waals surface area contributed by atoms with Gasteiger partial charge in [0.2, 0.25) is 0 Å². The van der Waals surface area contributed by atoms with Crippen molar-refractivity contribution >= 4 is 23.4 Å². The van der Waals surface area contributed by atoms with Crippen LogP contribution < -0.4 is 20.3 Å². The summed E-state index contributed by atoms with van der Waals surface area (Å²) >= 11 is 5.76. The van der Waals surface area contributed by atoms with Crippen molar-refractivity contribution in [2.75, 3.05) is 6.61 Å². The van der Waals surface area contributed by atoms with E-state index in [4.69, 9.17) is 21.1 Å². The van der Waals surface area contributed by atoms with E-state index in [1.54, 1.807) is 43.3 Å². The number of halogens is 1. The number of carbonyl (C=O) groups excluding carboxylic acids is 2. The molecule has 0 spiro atoms. The molecule has 0 saturated carbocycles. The molecule has 0 aliphatic rings. The van der Waals surface area contributed by atoms with Gasteiger partial charge in [0.25, 0.3) is 11.8 Å². The molecule has 7 heteroatoms. The summed E-state index contributed by atoms with van der Waals surface area (Å²) in [4.78, 5) is 23.6. The lowest BCUT2D eigenvalue weighted by Gasteiger charge is -2.15. The van der Waals surface area contributed by atoms with Crippen molar-refractivity contribution in [2.45, 2.75) is 20.0 Å². The molecule has 0 heterocycles. The highest BCUT2D eigenvalue weighted by atomic mass is 35.5. The molecule has 1 atom stereocenters. The molecular weight excluding hydrogens is 344 g/mol. The SMILES string of the molecule is Cc1ccc(OC(C)C(=O)NNC(=O)COc2ccc(Cl)cc2)cc1. The van der Waals surface area contributed by atoms with E-state index in [1.165, 1.54) is 0 Å². The molecule has 0 bridgehead atoms. The summed E-state index contributed by atoms with van der Waals surface area (Å²) in [6.07, 6.45) is -0.764. The summed E-state index contributed by atoms with van der Waals surface area (Å²) < 4.78 is 10.8. The van der Waals surface area contributed by atoms with E-state index in [0.29, 0.717) is 16.5 Å². The molecular formula is C18H19ClN2O4. The molecule has 0 fully saturated rings. The molecule has 6 nitrogen and oxygen atoms in total. The fraction of sp³-hybridized carbons (Fsp3) is 0.222. The van der Waals surface area contributed by atoms with Crippen LogP contribution in [0.1, 0.15) is 12.5 Å². The van der Waals surface area contributed by atoms with E-state index in [0.717, 1.165) is 5.56 Å². The molecule has 2 aromatic carbocycles. The second kappa shape index (κ2) is 8.94. The number of rotatable bonds is 6. The van der Waals surface area contributed by atoms with E-state index in [-0.39, 0.29) is 6.61 Å². The molecule has 0 aromatic heterocycles. The summed E-state index contributed by atoms with van der Waals surface area (Å²) in [6.45, 7) is 3.31. The van der Waals surface area contributed by atoms with Crippen LogP contribution >= 0.6 is 11.6 Å². The van der Waals surface area contributed by atoms with Crippen LogP contribution in [0, 0.1) is 6.92 Å². The van der Waals surface area contributed by atoms with Crippen LogP contribution in [0.15, 0.2) is 48.5 Å². The van der Waals surface area contributed by atoms with Crippen LogP contribution in [0.3, 0.4) is 0 Å². The molecule has 25 heavy (non-hydrogen) atoms. The zero-order valence-corrected chi connectivity index (χ0v) is 14.7. The van der Waals surface area contributed by atoms with Gasteiger partial charge in [-0.15, -0.1) is 0 Å². The molecule has 0 aliphatic carbocycles. The van der Waals surface area contributed by atoms with Crippen molar-refractivity contribution in [3.8, 4) is 11.5 Å². The summed E-state index contributed by atoms with van der Waals surface area (Å²) in [5.74, 6) is 0.110. The fourth-order valence-corrected chi connectivity index (χ4v) is 1.95. The van der Waals surface area contributed by atoms with E-state index in [2.05, 4.69) is 10.9 Å². The fourth-order valence-electron chi connectivity index (χ4n) is 1.82. The maximum atomic E-state index is 11.9. The Labute approximate surface area is 151 Å². The molecule has 0 saturated heterocycles. The minimum Gasteiger partial charge on any atom is -0.484 e. The van der Waals surface area contributed by atoms with Gasteiger partial charge in [0.1, 0.15) is 11.5 Å². The lowest BCUT2D eigenvalue weighted by Crippen LogP contribution is -2.48. The number of ether oxygens (including phenoxy) is 2. The van der Waals surface area contributed by atoms with Crippen LogP contribution in [0.5, 0.6) is 11.5 Å². The second-order valence-corrected chi connectivity index (χ2v) is 5.79. The molecule has 2 aromatic rings. The van der Waals surface area contributed by atoms with Gasteiger partial charge in [0.15, 0.2) is 12.7 Å². The highest BCUT2D eigenvalue weighted by Crippen LogP contribution is 2.15. The third kappa shape index (κ3) is 6.35. The van der Waals surface area contributed by atoms with Gasteiger partial charge in [-0.25, -0.2) is 0 Å². The van der Waals surface area contributed by atoms with Crippen molar-refractivity contribution in [1.29, 1.82) is 0 Å². The largest absolute Gasteiger partial charge is 0.484 e. The predicted molar refractivity (Wildman–Crippen MR) is 94.5 cm³/mol. The Bertz CT molecular complexity index is 717. The number of amides is 2. The predicted octanol–water partition coefficient (Wildman–Crippen LogP) is 2.64. The maximum absolute atomic E-state index is 11.9. The standard InChI is InChI=1S/C18H19ClN2O4/c1-12-3-7-16(8-4-12)25-13(2)18(23)21-20-17(22)11-24-15-9-5-14(19)6-10-15/h3-10,13H,11H2,1-2H3,(H,20,22)(H,21,23). The first kappa shape index (κ1) is 18.6. The van der Waals surface area contributed by atoms with E-state index in [9.17, 15) is 9.59 Å². The van der Waals surface area contributed by atoms with Crippen molar-refractivity contribution in [3.63, 3.8) is 0 Å². The quantitative estimate of drug-likeness (QED) is 0.774. The number of hydrazine groups is 1. The average Bonchev–Trinajstić information content (AvgIpc) is 2.61. The van der Waals surface area contributed by atoms with Gasteiger partial charge in [-0.05, 0) is 50.2 Å². The minimum atomic E-state index is -0.764. The summed E-state index contributed by atoms with van der Waals surface area (Å²) in [7, 11) is 0. The summed E-state index contributed by atoms with van der Waals surface area (Å²) in [6, 6.07) is 13.9. The van der Waals surface area contributed by atoms with Gasteiger partial charge in [-0.2, -0.15) is 0 Å². The zero-order valence-electron chi connectivity index (χ0n) is 13.9. The Morgan fingerprint density at radius 3 is 2.24 bits per heavy atom. The first-order chi connectivity index (χ1) is 11.9. The number of nitrogens with one attached hydrogen (secondary N) is 2. The second-order valence-electron chi connectivity index (χ2n) is 5.35. The number of hydrogen-bond donors (Lipinski definition) is 2. The lowest BCUT2D eigenvalue weighted by molar-refractivity contribution is -0.133. The minimum absolute atomic E-state index is 0.241. The Morgan fingerprint density at radius 2 is 1.60 bits per heavy atom. The number of hydrogen-bond acceptors (Lipinski definition) is 4. The monoisotopic (exact) mass is 362 g/mol. The van der Waals surface area contributed by atoms with Gasteiger partial charge in [0.05, 0.1) is 0 Å². The lowest BCUT2D eigenvalue weighted by atomic mass is 10.2. The van der Waals surface area contributed by atoms with Crippen LogP contribution in [0.25, 0.3) is 0 Å². The molecule has 132 valence electrons. The van der Waals surface area contributed by atoms with Crippen LogP contribution in [-0.4, -0.2) is 24.5 Å². The third-order valence-electron chi connectivity index (χ3n) is 3.21. The Morgan fingerprint density at radius 1 is 1.00 bits per heavy atom. The topological polar surface area (TPSA) is 76.7 Å². The van der Waals surface area contributed by atoms with Crippen molar-refractivity contribution in [2.24, 2.45) is 0 Å². The van der Waals surface area contributed by atoms with Crippen molar-refractivity contribution in [3.05, 3.63) is 59.1 Å². The number of carbonyl (C=O) groups is 2. The average molecular weight is 363 g/mol. The highest BCUT2D eigenvalue weighted by Gasteiger charge is 2.15. The summed E-state index contributed by atoms with van der Waals surface area (Å²) in [5, 5.41) is 0.576. The van der Waals surface area contributed by atoms with Gasteiger partial charge in [-0.3, -0.25) is 20.4 Å². The molecule has 0 radical (unpaired) electrons. The smallest absolute Gasteiger partial charge is 0.279 e. The highest BCUT2D eigenvalue weighted by molar-refractivity contribution is 6.30. The van der Waals surface area contributed by atoms with Gasteiger partial charge < -0.3 is 9.47 Å². The third-order valence-corrected chi connectivity index (χ3v) is 3.46. The van der Waals surface area contributed by atoms with Gasteiger partial charge in [0, 0.05) is 5.02 Å². The van der Waals surface area contributed by atoms with E-state index in [1.807, 2.05) is 19.1 Å². The molecule has 0 aliphatic heterocycles. The van der Waals surface area contributed by atoms with Gasteiger partial charge in [-0.1, -0.05) is 29.3 Å². The first-order valence-electron chi connectivity index (χ1n) is 7.64. The van der Waals surface area contributed by atoms with E-state index >= 15 is 0 Å². The number of aryl methyl sites for hydroxylation is 1. The molecule has 2 amide bonds. The van der Waals surface area contributed by atoms with Crippen molar-refractivity contribution in [1.82, 2.24) is 10.9 Å².